The first-order chi connectivity index (χ1) is 10.1. The van der Waals surface area contributed by atoms with E-state index in [1.54, 1.807) is 24.5 Å². The van der Waals surface area contributed by atoms with Crippen molar-refractivity contribution in [2.75, 3.05) is 6.54 Å². The summed E-state index contributed by atoms with van der Waals surface area (Å²) in [6.07, 6.45) is 4.33. The smallest absolute Gasteiger partial charge is 0.520 e. The van der Waals surface area contributed by atoms with Crippen molar-refractivity contribution in [3.63, 3.8) is 0 Å². The Kier molecular flexibility index (Phi) is 4.56. The number of aromatic nitrogens is 3. The van der Waals surface area contributed by atoms with Gasteiger partial charge < -0.3 is 10.3 Å². The highest BCUT2D eigenvalue weighted by Crippen LogP contribution is 2.23. The summed E-state index contributed by atoms with van der Waals surface area (Å²) < 4.78 is -1.49. The number of hydroxylamine groups is 2. The Morgan fingerprint density at radius 2 is 2.00 bits per heavy atom. The summed E-state index contributed by atoms with van der Waals surface area (Å²) in [5, 5.41) is 21.8. The lowest BCUT2D eigenvalue weighted by molar-refractivity contribution is 0.162. The molecular formula is C14H16N4O3. The van der Waals surface area contributed by atoms with E-state index >= 15 is 0 Å². The molecule has 0 fully saturated rings. The summed E-state index contributed by atoms with van der Waals surface area (Å²) >= 11 is 0. The second kappa shape index (κ2) is 6.38. The molecule has 2 aromatic heterocycles. The molecule has 21 heavy (non-hydrogen) atoms. The average molecular weight is 288 g/mol. The molecule has 1 N–H and O–H groups in total. The van der Waals surface area contributed by atoms with Gasteiger partial charge in [-0.1, -0.05) is 13.3 Å². The van der Waals surface area contributed by atoms with Crippen LogP contribution in [0.2, 0.25) is 0 Å². The van der Waals surface area contributed by atoms with Crippen LogP contribution in [0.1, 0.15) is 19.8 Å². The predicted molar refractivity (Wildman–Crippen MR) is 78.2 cm³/mol. The Morgan fingerprint density at radius 3 is 2.62 bits per heavy atom. The van der Waals surface area contributed by atoms with Gasteiger partial charge in [0.25, 0.3) is 0 Å². The van der Waals surface area contributed by atoms with Crippen molar-refractivity contribution in [1.82, 2.24) is 19.6 Å². The van der Waals surface area contributed by atoms with Crippen LogP contribution in [0, 0.1) is 5.21 Å². The summed E-state index contributed by atoms with van der Waals surface area (Å²) in [6, 6.07) is 4.75. The molecule has 0 aliphatic carbocycles. The highest BCUT2D eigenvalue weighted by molar-refractivity contribution is 5.80. The van der Waals surface area contributed by atoms with Gasteiger partial charge >= 0.3 is 6.09 Å². The van der Waals surface area contributed by atoms with Gasteiger partial charge in [0.15, 0.2) is 5.82 Å². The molecule has 0 bridgehead atoms. The van der Waals surface area contributed by atoms with Gasteiger partial charge in [0.2, 0.25) is 5.82 Å². The van der Waals surface area contributed by atoms with E-state index in [1.165, 1.54) is 12.3 Å². The number of quaternary nitrogens is 1. The summed E-state index contributed by atoms with van der Waals surface area (Å²) in [4.78, 5) is 23.5. The number of nitrogens with zero attached hydrogens (tertiary/aromatic N) is 4. The summed E-state index contributed by atoms with van der Waals surface area (Å²) in [6.45, 7) is 1.84. The minimum atomic E-state index is -1.49. The Bertz CT molecular complexity index is 621. The molecule has 2 aromatic rings. The number of carboxylic acid groups (broad SMARTS) is 1. The Labute approximate surface area is 122 Å². The zero-order valence-electron chi connectivity index (χ0n) is 11.6. The van der Waals surface area contributed by atoms with Crippen molar-refractivity contribution in [3.05, 3.63) is 42.0 Å². The monoisotopic (exact) mass is 288 g/mol. The largest absolute Gasteiger partial charge is 0.616 e. The molecule has 1 amide bonds. The van der Waals surface area contributed by atoms with Gasteiger partial charge in [0, 0.05) is 30.2 Å². The minimum absolute atomic E-state index is 0.0569. The van der Waals surface area contributed by atoms with Gasteiger partial charge in [-0.15, -0.1) is 0 Å². The van der Waals surface area contributed by atoms with Crippen LogP contribution in [0.25, 0.3) is 11.4 Å². The first-order valence-electron chi connectivity index (χ1n) is 6.64. The van der Waals surface area contributed by atoms with Crippen LogP contribution in [0.15, 0.2) is 36.8 Å². The van der Waals surface area contributed by atoms with Gasteiger partial charge in [-0.3, -0.25) is 4.98 Å². The predicted octanol–water partition coefficient (Wildman–Crippen LogP) is 2.82. The molecule has 0 aliphatic rings. The van der Waals surface area contributed by atoms with E-state index < -0.39 is 10.7 Å². The quantitative estimate of drug-likeness (QED) is 0.671. The number of carbonyl (C=O) groups is 1. The standard InChI is InChI=1S/C14H16N4O3/c1-2-3-10-18(21,14(19)20)12-6-9-16-13(17-12)11-4-7-15-8-5-11/h4-9H,2-3,10H2,1H3,(H,19,20). The molecule has 7 nitrogen and oxygen atoms in total. The van der Waals surface area contributed by atoms with Crippen molar-refractivity contribution in [3.8, 4) is 11.4 Å². The average Bonchev–Trinajstić information content (AvgIpc) is 2.53. The maximum absolute atomic E-state index is 12.6. The van der Waals surface area contributed by atoms with E-state index in [9.17, 15) is 15.1 Å². The van der Waals surface area contributed by atoms with Crippen molar-refractivity contribution in [1.29, 1.82) is 0 Å². The third kappa shape index (κ3) is 3.21. The summed E-state index contributed by atoms with van der Waals surface area (Å²) in [5.74, 6) is 0.240. The zero-order valence-corrected chi connectivity index (χ0v) is 11.6. The zero-order chi connectivity index (χ0) is 15.3. The first-order valence-corrected chi connectivity index (χ1v) is 6.64. The lowest BCUT2D eigenvalue weighted by Crippen LogP contribution is -2.49. The highest BCUT2D eigenvalue weighted by atomic mass is 16.6. The van der Waals surface area contributed by atoms with Crippen molar-refractivity contribution < 1.29 is 9.90 Å². The maximum atomic E-state index is 12.6. The van der Waals surface area contributed by atoms with Crippen LogP contribution in [-0.4, -0.2) is 32.7 Å². The van der Waals surface area contributed by atoms with E-state index in [4.69, 9.17) is 0 Å². The number of amides is 1. The minimum Gasteiger partial charge on any atom is -0.616 e. The second-order valence-electron chi connectivity index (χ2n) is 4.57. The lowest BCUT2D eigenvalue weighted by Gasteiger charge is -2.34. The topological polar surface area (TPSA) is 99.0 Å². The molecule has 1 atom stereocenters. The maximum Gasteiger partial charge on any atom is 0.520 e. The van der Waals surface area contributed by atoms with E-state index in [0.717, 1.165) is 6.42 Å². The fourth-order valence-corrected chi connectivity index (χ4v) is 1.88. The van der Waals surface area contributed by atoms with Crippen LogP contribution >= 0.6 is 0 Å². The van der Waals surface area contributed by atoms with E-state index in [2.05, 4.69) is 15.0 Å². The van der Waals surface area contributed by atoms with Crippen LogP contribution in [0.5, 0.6) is 0 Å². The van der Waals surface area contributed by atoms with Gasteiger partial charge in [-0.2, -0.15) is 9.78 Å². The van der Waals surface area contributed by atoms with E-state index in [1.807, 2.05) is 6.92 Å². The highest BCUT2D eigenvalue weighted by Gasteiger charge is 2.31. The lowest BCUT2D eigenvalue weighted by atomic mass is 10.2. The number of rotatable bonds is 5. The molecule has 0 saturated carbocycles. The van der Waals surface area contributed by atoms with Gasteiger partial charge in [-0.05, 0) is 18.6 Å². The molecule has 2 rings (SSSR count). The molecule has 110 valence electrons. The third-order valence-electron chi connectivity index (χ3n) is 3.09. The molecule has 0 spiro atoms. The first kappa shape index (κ1) is 15.0. The van der Waals surface area contributed by atoms with Gasteiger partial charge in [0.1, 0.15) is 0 Å². The van der Waals surface area contributed by atoms with Crippen LogP contribution in [-0.2, 0) is 0 Å². The summed E-state index contributed by atoms with van der Waals surface area (Å²) in [7, 11) is 0. The van der Waals surface area contributed by atoms with Crippen LogP contribution in [0.4, 0.5) is 10.6 Å². The van der Waals surface area contributed by atoms with Gasteiger partial charge in [0.05, 0.1) is 6.54 Å². The Morgan fingerprint density at radius 1 is 1.29 bits per heavy atom. The van der Waals surface area contributed by atoms with E-state index in [-0.39, 0.29) is 12.4 Å². The SMILES string of the molecule is CCCC[N+]([O-])(C(=O)O)c1ccnc(-c2ccncc2)n1. The fourth-order valence-electron chi connectivity index (χ4n) is 1.88. The van der Waals surface area contributed by atoms with Crippen molar-refractivity contribution in [2.24, 2.45) is 0 Å². The number of pyridine rings is 1. The second-order valence-corrected chi connectivity index (χ2v) is 4.57. The van der Waals surface area contributed by atoms with E-state index in [0.29, 0.717) is 17.8 Å². The molecule has 0 saturated heterocycles. The number of unbranched alkanes of at least 4 members (excludes halogenated alkanes) is 1. The van der Waals surface area contributed by atoms with Crippen LogP contribution < -0.4 is 4.65 Å². The van der Waals surface area contributed by atoms with Crippen LogP contribution in [0.3, 0.4) is 0 Å². The van der Waals surface area contributed by atoms with Gasteiger partial charge in [-0.25, -0.2) is 9.63 Å². The molecule has 7 heteroatoms. The molecule has 2 heterocycles. The molecule has 0 aliphatic heterocycles. The molecule has 0 radical (unpaired) electrons. The fraction of sp³-hybridized carbons (Fsp3) is 0.286. The molecule has 1 unspecified atom stereocenters. The summed E-state index contributed by atoms with van der Waals surface area (Å²) in [5.41, 5.74) is 0.680. The molecule has 0 aromatic carbocycles. The number of hydrogen-bond acceptors (Lipinski definition) is 5. The number of hydrogen-bond donors (Lipinski definition) is 1. The third-order valence-corrected chi connectivity index (χ3v) is 3.09. The van der Waals surface area contributed by atoms with Crippen molar-refractivity contribution >= 4 is 11.9 Å². The Hall–Kier alpha value is -2.38. The molecular weight excluding hydrogens is 272 g/mol. The Balaban J connectivity index is 2.41. The van der Waals surface area contributed by atoms with Crippen molar-refractivity contribution in [2.45, 2.75) is 19.8 Å². The normalized spacial score (nSPS) is 13.6.